The Balaban J connectivity index is 2.03. The van der Waals surface area contributed by atoms with E-state index in [-0.39, 0.29) is 11.6 Å². The average Bonchev–Trinajstić information content (AvgIpc) is 2.95. The van der Waals surface area contributed by atoms with Crippen LogP contribution in [0.15, 0.2) is 24.7 Å². The van der Waals surface area contributed by atoms with Crippen LogP contribution in [0.3, 0.4) is 0 Å². The second kappa shape index (κ2) is 5.28. The lowest BCUT2D eigenvalue weighted by molar-refractivity contribution is 0.436. The predicted octanol–water partition coefficient (Wildman–Crippen LogP) is 2.76. The Morgan fingerprint density at radius 1 is 1.10 bits per heavy atom. The lowest BCUT2D eigenvalue weighted by atomic mass is 9.95. The number of aromatic nitrogens is 2. The molecule has 0 bridgehead atoms. The van der Waals surface area contributed by atoms with Crippen molar-refractivity contribution in [2.24, 2.45) is 0 Å². The lowest BCUT2D eigenvalue weighted by Gasteiger charge is -2.23. The number of nitrogens with one attached hydrogen (secondary N) is 1. The highest BCUT2D eigenvalue weighted by Crippen LogP contribution is 2.28. The molecule has 3 nitrogen and oxygen atoms in total. The Bertz CT molecular complexity index is 618. The van der Waals surface area contributed by atoms with Gasteiger partial charge >= 0.3 is 0 Å². The molecule has 1 fully saturated rings. The van der Waals surface area contributed by atoms with E-state index in [1.807, 2.05) is 0 Å². The van der Waals surface area contributed by atoms with Crippen molar-refractivity contribution in [2.75, 3.05) is 13.1 Å². The third kappa shape index (κ3) is 2.20. The Hall–Kier alpha value is -1.82. The maximum absolute atomic E-state index is 13.9. The summed E-state index contributed by atoms with van der Waals surface area (Å²) in [5, 5.41) is 3.25. The van der Waals surface area contributed by atoms with Gasteiger partial charge in [0.25, 0.3) is 0 Å². The maximum Gasteiger partial charge on any atom is 0.196 e. The van der Waals surface area contributed by atoms with E-state index in [1.165, 1.54) is 17.0 Å². The first-order valence-corrected chi connectivity index (χ1v) is 6.55. The van der Waals surface area contributed by atoms with E-state index in [9.17, 15) is 13.2 Å². The molecule has 1 aromatic carbocycles. The van der Waals surface area contributed by atoms with Crippen LogP contribution < -0.4 is 5.32 Å². The molecule has 0 unspecified atom stereocenters. The standard InChI is InChI=1S/C14H14F3N3/c15-10-1-2-11(14(17)13(10)16)20-8-19-7-12(20)9-3-5-18-6-4-9/h1-2,7-9,18H,3-6H2. The third-order valence-electron chi connectivity index (χ3n) is 3.70. The first kappa shape index (κ1) is 13.2. The van der Waals surface area contributed by atoms with Crippen molar-refractivity contribution in [1.29, 1.82) is 0 Å². The fraction of sp³-hybridized carbons (Fsp3) is 0.357. The summed E-state index contributed by atoms with van der Waals surface area (Å²) in [6.45, 7) is 1.77. The summed E-state index contributed by atoms with van der Waals surface area (Å²) < 4.78 is 41.8. The molecule has 106 valence electrons. The fourth-order valence-electron chi connectivity index (χ4n) is 2.63. The molecule has 1 saturated heterocycles. The fourth-order valence-corrected chi connectivity index (χ4v) is 2.63. The molecular formula is C14H14F3N3. The van der Waals surface area contributed by atoms with Gasteiger partial charge in [0, 0.05) is 17.8 Å². The minimum absolute atomic E-state index is 0.00469. The van der Waals surface area contributed by atoms with Crippen molar-refractivity contribution in [3.05, 3.63) is 47.8 Å². The van der Waals surface area contributed by atoms with Gasteiger partial charge in [-0.05, 0) is 38.1 Å². The zero-order valence-electron chi connectivity index (χ0n) is 10.7. The van der Waals surface area contributed by atoms with Gasteiger partial charge in [0.2, 0.25) is 0 Å². The van der Waals surface area contributed by atoms with Crippen LogP contribution in [0.25, 0.3) is 5.69 Å². The van der Waals surface area contributed by atoms with Gasteiger partial charge in [-0.15, -0.1) is 0 Å². The van der Waals surface area contributed by atoms with Crippen LogP contribution in [0.1, 0.15) is 24.5 Å². The maximum atomic E-state index is 13.9. The first-order chi connectivity index (χ1) is 9.68. The molecular weight excluding hydrogens is 267 g/mol. The molecule has 0 radical (unpaired) electrons. The quantitative estimate of drug-likeness (QED) is 0.858. The van der Waals surface area contributed by atoms with E-state index in [0.717, 1.165) is 37.7 Å². The average molecular weight is 281 g/mol. The largest absolute Gasteiger partial charge is 0.317 e. The summed E-state index contributed by atoms with van der Waals surface area (Å²) in [5.41, 5.74) is 0.825. The summed E-state index contributed by atoms with van der Waals surface area (Å²) >= 11 is 0. The Morgan fingerprint density at radius 3 is 2.60 bits per heavy atom. The van der Waals surface area contributed by atoms with Crippen molar-refractivity contribution in [3.8, 4) is 5.69 Å². The molecule has 1 N–H and O–H groups in total. The predicted molar refractivity (Wildman–Crippen MR) is 68.3 cm³/mol. The number of nitrogens with zero attached hydrogens (tertiary/aromatic N) is 2. The summed E-state index contributed by atoms with van der Waals surface area (Å²) in [6.07, 6.45) is 4.93. The minimum atomic E-state index is -1.45. The highest BCUT2D eigenvalue weighted by molar-refractivity contribution is 5.37. The molecule has 0 amide bonds. The number of hydrogen-bond acceptors (Lipinski definition) is 2. The Morgan fingerprint density at radius 2 is 1.85 bits per heavy atom. The van der Waals surface area contributed by atoms with Crippen molar-refractivity contribution in [2.45, 2.75) is 18.8 Å². The highest BCUT2D eigenvalue weighted by Gasteiger charge is 2.22. The van der Waals surface area contributed by atoms with Gasteiger partial charge in [-0.3, -0.25) is 4.57 Å². The number of rotatable bonds is 2. The summed E-state index contributed by atoms with van der Waals surface area (Å²) in [7, 11) is 0. The SMILES string of the molecule is Fc1ccc(-n2cncc2C2CCNCC2)c(F)c1F. The highest BCUT2D eigenvalue weighted by atomic mass is 19.2. The van der Waals surface area contributed by atoms with Crippen molar-refractivity contribution >= 4 is 0 Å². The number of benzene rings is 1. The van der Waals surface area contributed by atoms with Crippen molar-refractivity contribution < 1.29 is 13.2 Å². The zero-order chi connectivity index (χ0) is 14.1. The lowest BCUT2D eigenvalue weighted by Crippen LogP contribution is -2.27. The summed E-state index contributed by atoms with van der Waals surface area (Å²) in [6, 6.07) is 2.17. The molecule has 1 aliphatic heterocycles. The second-order valence-electron chi connectivity index (χ2n) is 4.91. The number of halogens is 3. The summed E-state index contributed by atoms with van der Waals surface area (Å²) in [5.74, 6) is -3.58. The van der Waals surface area contributed by atoms with Crippen molar-refractivity contribution in [1.82, 2.24) is 14.9 Å². The molecule has 20 heavy (non-hydrogen) atoms. The van der Waals surface area contributed by atoms with E-state index in [2.05, 4.69) is 10.3 Å². The molecule has 0 saturated carbocycles. The number of piperidine rings is 1. The van der Waals surface area contributed by atoms with Crippen LogP contribution in [0.5, 0.6) is 0 Å². The molecule has 2 aromatic rings. The van der Waals surface area contributed by atoms with Crippen LogP contribution in [0.4, 0.5) is 13.2 Å². The molecule has 6 heteroatoms. The van der Waals surface area contributed by atoms with Gasteiger partial charge < -0.3 is 5.32 Å². The number of imidazole rings is 1. The van der Waals surface area contributed by atoms with Crippen LogP contribution in [0.2, 0.25) is 0 Å². The smallest absolute Gasteiger partial charge is 0.196 e. The van der Waals surface area contributed by atoms with Crippen LogP contribution in [-0.2, 0) is 0 Å². The van der Waals surface area contributed by atoms with Gasteiger partial charge in [0.15, 0.2) is 17.5 Å². The monoisotopic (exact) mass is 281 g/mol. The molecule has 1 aromatic heterocycles. The van der Waals surface area contributed by atoms with E-state index in [1.54, 1.807) is 6.20 Å². The second-order valence-corrected chi connectivity index (χ2v) is 4.91. The zero-order valence-corrected chi connectivity index (χ0v) is 10.7. The molecule has 3 rings (SSSR count). The molecule has 2 heterocycles. The van der Waals surface area contributed by atoms with Crippen LogP contribution in [0, 0.1) is 17.5 Å². The van der Waals surface area contributed by atoms with Gasteiger partial charge in [-0.25, -0.2) is 18.2 Å². The molecule has 1 aliphatic rings. The van der Waals surface area contributed by atoms with Gasteiger partial charge in [-0.1, -0.05) is 0 Å². The normalized spacial score (nSPS) is 16.6. The third-order valence-corrected chi connectivity index (χ3v) is 3.70. The Labute approximate surface area is 114 Å². The van der Waals surface area contributed by atoms with Gasteiger partial charge in [-0.2, -0.15) is 0 Å². The molecule has 0 aliphatic carbocycles. The van der Waals surface area contributed by atoms with E-state index in [4.69, 9.17) is 0 Å². The van der Waals surface area contributed by atoms with E-state index < -0.39 is 17.5 Å². The van der Waals surface area contributed by atoms with Gasteiger partial charge in [0.1, 0.15) is 0 Å². The molecule has 0 atom stereocenters. The van der Waals surface area contributed by atoms with Crippen LogP contribution in [-0.4, -0.2) is 22.6 Å². The summed E-state index contributed by atoms with van der Waals surface area (Å²) in [4.78, 5) is 4.03. The van der Waals surface area contributed by atoms with E-state index in [0.29, 0.717) is 0 Å². The van der Waals surface area contributed by atoms with Gasteiger partial charge in [0.05, 0.1) is 12.0 Å². The van der Waals surface area contributed by atoms with Crippen molar-refractivity contribution in [3.63, 3.8) is 0 Å². The Kier molecular flexibility index (Phi) is 3.48. The topological polar surface area (TPSA) is 29.9 Å². The molecule has 0 spiro atoms. The van der Waals surface area contributed by atoms with Crippen LogP contribution >= 0.6 is 0 Å². The minimum Gasteiger partial charge on any atom is -0.317 e. The first-order valence-electron chi connectivity index (χ1n) is 6.55. The number of hydrogen-bond donors (Lipinski definition) is 1. The van der Waals surface area contributed by atoms with E-state index >= 15 is 0 Å².